The molecule has 2 rings (SSSR count). The first-order chi connectivity index (χ1) is 9.50. The first-order valence-corrected chi connectivity index (χ1v) is 6.64. The molecule has 104 valence electrons. The Morgan fingerprint density at radius 1 is 1.35 bits per heavy atom. The number of pyridine rings is 1. The van der Waals surface area contributed by atoms with Crippen molar-refractivity contribution >= 4 is 23.0 Å². The summed E-state index contributed by atoms with van der Waals surface area (Å²) in [4.78, 5) is 6.50. The van der Waals surface area contributed by atoms with E-state index in [9.17, 15) is 4.39 Å². The fraction of sp³-hybridized carbons (Fsp3) is 0.200. The standard InChI is InChI=1S/C15H16FN3S/c1-10(12-5-3-4-6-13(12)16)19(2)14-9-11(15(17)20)7-8-18-14/h3-10H,1-2H3,(H2,17,20). The molecule has 2 aromatic rings. The normalized spacial score (nSPS) is 11.9. The summed E-state index contributed by atoms with van der Waals surface area (Å²) in [5.41, 5.74) is 6.99. The van der Waals surface area contributed by atoms with Gasteiger partial charge in [-0.25, -0.2) is 9.37 Å². The van der Waals surface area contributed by atoms with Gasteiger partial charge in [-0.1, -0.05) is 30.4 Å². The van der Waals surface area contributed by atoms with Crippen LogP contribution < -0.4 is 10.6 Å². The molecule has 20 heavy (non-hydrogen) atoms. The molecule has 3 nitrogen and oxygen atoms in total. The zero-order chi connectivity index (χ0) is 14.7. The van der Waals surface area contributed by atoms with Crippen molar-refractivity contribution in [2.45, 2.75) is 13.0 Å². The minimum atomic E-state index is -0.225. The summed E-state index contributed by atoms with van der Waals surface area (Å²) in [6.45, 7) is 1.92. The third-order valence-electron chi connectivity index (χ3n) is 3.33. The Bertz CT molecular complexity index is 630. The molecule has 0 aliphatic heterocycles. The highest BCUT2D eigenvalue weighted by Gasteiger charge is 2.17. The van der Waals surface area contributed by atoms with Crippen molar-refractivity contribution in [3.8, 4) is 0 Å². The molecule has 0 radical (unpaired) electrons. The molecule has 1 heterocycles. The number of hydrogen-bond donors (Lipinski definition) is 1. The molecular formula is C15H16FN3S. The van der Waals surface area contributed by atoms with Gasteiger partial charge in [-0.05, 0) is 25.1 Å². The predicted octanol–water partition coefficient (Wildman–Crippen LogP) is 3.05. The van der Waals surface area contributed by atoms with Crippen LogP contribution in [0.25, 0.3) is 0 Å². The van der Waals surface area contributed by atoms with Crippen LogP contribution in [0.1, 0.15) is 24.1 Å². The van der Waals surface area contributed by atoms with Gasteiger partial charge in [-0.15, -0.1) is 0 Å². The number of hydrogen-bond acceptors (Lipinski definition) is 3. The summed E-state index contributed by atoms with van der Waals surface area (Å²) in [6, 6.07) is 10.1. The molecule has 0 saturated heterocycles. The first-order valence-electron chi connectivity index (χ1n) is 6.24. The lowest BCUT2D eigenvalue weighted by atomic mass is 10.1. The van der Waals surface area contributed by atoms with Crippen LogP contribution in [0.5, 0.6) is 0 Å². The summed E-state index contributed by atoms with van der Waals surface area (Å²) in [7, 11) is 1.86. The van der Waals surface area contributed by atoms with Crippen LogP contribution in [0.2, 0.25) is 0 Å². The maximum Gasteiger partial charge on any atom is 0.129 e. The molecule has 1 aromatic carbocycles. The number of rotatable bonds is 4. The molecular weight excluding hydrogens is 273 g/mol. The van der Waals surface area contributed by atoms with E-state index in [1.165, 1.54) is 6.07 Å². The van der Waals surface area contributed by atoms with Gasteiger partial charge < -0.3 is 10.6 Å². The first kappa shape index (κ1) is 14.4. The number of aromatic nitrogens is 1. The third-order valence-corrected chi connectivity index (χ3v) is 3.56. The molecule has 1 unspecified atom stereocenters. The summed E-state index contributed by atoms with van der Waals surface area (Å²) in [6.07, 6.45) is 1.65. The fourth-order valence-electron chi connectivity index (χ4n) is 1.99. The Morgan fingerprint density at radius 2 is 2.05 bits per heavy atom. The maximum absolute atomic E-state index is 13.8. The molecule has 0 saturated carbocycles. The van der Waals surface area contributed by atoms with Crippen LogP contribution in [0.4, 0.5) is 10.2 Å². The summed E-state index contributed by atoms with van der Waals surface area (Å²) in [5, 5.41) is 0. The SMILES string of the molecule is CC(c1ccccc1F)N(C)c1cc(C(N)=S)ccn1. The van der Waals surface area contributed by atoms with E-state index >= 15 is 0 Å². The van der Waals surface area contributed by atoms with Gasteiger partial charge >= 0.3 is 0 Å². The Balaban J connectivity index is 2.31. The van der Waals surface area contributed by atoms with Crippen molar-refractivity contribution in [1.82, 2.24) is 4.98 Å². The Labute approximate surface area is 123 Å². The van der Waals surface area contributed by atoms with Crippen molar-refractivity contribution in [2.75, 3.05) is 11.9 Å². The van der Waals surface area contributed by atoms with E-state index in [0.29, 0.717) is 16.4 Å². The molecule has 0 bridgehead atoms. The lowest BCUT2D eigenvalue weighted by Crippen LogP contribution is -2.24. The predicted molar refractivity (Wildman–Crippen MR) is 83.3 cm³/mol. The van der Waals surface area contributed by atoms with Crippen molar-refractivity contribution in [2.24, 2.45) is 5.73 Å². The molecule has 0 spiro atoms. The van der Waals surface area contributed by atoms with Gasteiger partial charge in [-0.2, -0.15) is 0 Å². The second-order valence-electron chi connectivity index (χ2n) is 4.58. The average molecular weight is 289 g/mol. The largest absolute Gasteiger partial charge is 0.389 e. The smallest absolute Gasteiger partial charge is 0.129 e. The second kappa shape index (κ2) is 5.96. The van der Waals surface area contributed by atoms with Crippen molar-refractivity contribution in [3.63, 3.8) is 0 Å². The minimum absolute atomic E-state index is 0.148. The zero-order valence-corrected chi connectivity index (χ0v) is 12.2. The number of nitrogens with two attached hydrogens (primary N) is 1. The monoisotopic (exact) mass is 289 g/mol. The number of thiocarbonyl (C=S) groups is 1. The van der Waals surface area contributed by atoms with Crippen LogP contribution in [0, 0.1) is 5.82 Å². The number of anilines is 1. The van der Waals surface area contributed by atoms with Gasteiger partial charge in [0.15, 0.2) is 0 Å². The summed E-state index contributed by atoms with van der Waals surface area (Å²) >= 11 is 4.96. The van der Waals surface area contributed by atoms with Crippen molar-refractivity contribution < 1.29 is 4.39 Å². The van der Waals surface area contributed by atoms with E-state index in [2.05, 4.69) is 4.98 Å². The van der Waals surface area contributed by atoms with Crippen molar-refractivity contribution in [1.29, 1.82) is 0 Å². The van der Waals surface area contributed by atoms with Gasteiger partial charge in [-0.3, -0.25) is 0 Å². The van der Waals surface area contributed by atoms with Crippen LogP contribution in [0.3, 0.4) is 0 Å². The molecule has 1 atom stereocenters. The quantitative estimate of drug-likeness (QED) is 0.878. The van der Waals surface area contributed by atoms with E-state index in [-0.39, 0.29) is 11.9 Å². The van der Waals surface area contributed by atoms with Gasteiger partial charge in [0.1, 0.15) is 16.6 Å². The molecule has 5 heteroatoms. The Hall–Kier alpha value is -2.01. The molecule has 0 amide bonds. The molecule has 0 fully saturated rings. The summed E-state index contributed by atoms with van der Waals surface area (Å²) < 4.78 is 13.8. The topological polar surface area (TPSA) is 42.1 Å². The van der Waals surface area contributed by atoms with Crippen LogP contribution in [0.15, 0.2) is 42.6 Å². The third kappa shape index (κ3) is 2.93. The molecule has 0 aliphatic rings. The van der Waals surface area contributed by atoms with Crippen LogP contribution >= 0.6 is 12.2 Å². The average Bonchev–Trinajstić information content (AvgIpc) is 2.46. The number of benzene rings is 1. The zero-order valence-electron chi connectivity index (χ0n) is 11.4. The number of nitrogens with zero attached hydrogens (tertiary/aromatic N) is 2. The van der Waals surface area contributed by atoms with Crippen LogP contribution in [-0.2, 0) is 0 Å². The fourth-order valence-corrected chi connectivity index (χ4v) is 2.11. The van der Waals surface area contributed by atoms with Gasteiger partial charge in [0, 0.05) is 24.4 Å². The highest BCUT2D eigenvalue weighted by Crippen LogP contribution is 2.25. The lowest BCUT2D eigenvalue weighted by Gasteiger charge is -2.26. The molecule has 1 aromatic heterocycles. The molecule has 0 aliphatic carbocycles. The Kier molecular flexibility index (Phi) is 4.29. The highest BCUT2D eigenvalue weighted by atomic mass is 32.1. The van der Waals surface area contributed by atoms with Gasteiger partial charge in [0.25, 0.3) is 0 Å². The lowest BCUT2D eigenvalue weighted by molar-refractivity contribution is 0.584. The number of halogens is 1. The van der Waals surface area contributed by atoms with Gasteiger partial charge in [0.05, 0.1) is 6.04 Å². The van der Waals surface area contributed by atoms with E-state index < -0.39 is 0 Å². The Morgan fingerprint density at radius 3 is 2.70 bits per heavy atom. The van der Waals surface area contributed by atoms with E-state index in [1.807, 2.05) is 24.9 Å². The second-order valence-corrected chi connectivity index (χ2v) is 5.02. The van der Waals surface area contributed by atoms with E-state index in [4.69, 9.17) is 18.0 Å². The van der Waals surface area contributed by atoms with Crippen LogP contribution in [-0.4, -0.2) is 17.0 Å². The van der Waals surface area contributed by atoms with E-state index in [1.54, 1.807) is 30.5 Å². The molecule has 2 N–H and O–H groups in total. The highest BCUT2D eigenvalue weighted by molar-refractivity contribution is 7.80. The maximum atomic E-state index is 13.8. The van der Waals surface area contributed by atoms with Gasteiger partial charge in [0.2, 0.25) is 0 Å². The van der Waals surface area contributed by atoms with E-state index in [0.717, 1.165) is 5.56 Å². The summed E-state index contributed by atoms with van der Waals surface area (Å²) in [5.74, 6) is 0.475. The minimum Gasteiger partial charge on any atom is -0.389 e. The van der Waals surface area contributed by atoms with Crippen molar-refractivity contribution in [3.05, 3.63) is 59.5 Å².